The highest BCUT2D eigenvalue weighted by molar-refractivity contribution is 7.99. The van der Waals surface area contributed by atoms with Gasteiger partial charge in [-0.1, -0.05) is 47.6 Å². The van der Waals surface area contributed by atoms with E-state index in [2.05, 4.69) is 42.0 Å². The quantitative estimate of drug-likeness (QED) is 0.693. The number of nitrogens with zero attached hydrogens (tertiary/aromatic N) is 1. The topological polar surface area (TPSA) is 3.01 Å². The molecule has 90 valence electrons. The van der Waals surface area contributed by atoms with E-state index in [1.807, 2.05) is 30.0 Å². The fourth-order valence-electron chi connectivity index (χ4n) is 2.14. The smallest absolute Gasteiger partial charge is 0.187 e. The summed E-state index contributed by atoms with van der Waals surface area (Å²) in [6.45, 7) is 2.16. The van der Waals surface area contributed by atoms with Crippen LogP contribution in [-0.2, 0) is 0 Å². The van der Waals surface area contributed by atoms with Gasteiger partial charge in [-0.2, -0.15) is 4.58 Å². The van der Waals surface area contributed by atoms with Crippen LogP contribution in [0, 0.1) is 6.92 Å². The van der Waals surface area contributed by atoms with Crippen LogP contribution < -0.4 is 0 Å². The summed E-state index contributed by atoms with van der Waals surface area (Å²) >= 11 is 8.11. The van der Waals surface area contributed by atoms with Crippen molar-refractivity contribution in [3.63, 3.8) is 0 Å². The molecule has 3 rings (SSSR count). The largest absolute Gasteiger partial charge is 0.224 e. The van der Waals surface area contributed by atoms with E-state index in [0.717, 1.165) is 16.6 Å². The first kappa shape index (κ1) is 11.8. The van der Waals surface area contributed by atoms with Crippen molar-refractivity contribution in [2.75, 3.05) is 5.88 Å². The Morgan fingerprint density at radius 1 is 1.11 bits per heavy atom. The maximum Gasteiger partial charge on any atom is 0.224 e. The van der Waals surface area contributed by atoms with Gasteiger partial charge in [0.2, 0.25) is 5.69 Å². The lowest BCUT2D eigenvalue weighted by Crippen LogP contribution is -2.13. The second-order valence-corrected chi connectivity index (χ2v) is 5.68. The van der Waals surface area contributed by atoms with Crippen molar-refractivity contribution in [2.45, 2.75) is 11.8 Å². The van der Waals surface area contributed by atoms with Crippen molar-refractivity contribution in [1.82, 2.24) is 0 Å². The highest BCUT2D eigenvalue weighted by Gasteiger charge is 2.21. The summed E-state index contributed by atoms with van der Waals surface area (Å²) in [4.78, 5) is 1.38. The highest BCUT2D eigenvalue weighted by atomic mass is 35.5. The molecule has 0 bridgehead atoms. The molecule has 3 heteroatoms. The molecule has 0 aromatic heterocycles. The minimum atomic E-state index is 0.797. The minimum Gasteiger partial charge on any atom is -0.187 e. The van der Waals surface area contributed by atoms with Crippen molar-refractivity contribution >= 4 is 35.3 Å². The highest BCUT2D eigenvalue weighted by Crippen LogP contribution is 2.33. The lowest BCUT2D eigenvalue weighted by molar-refractivity contribution is -0.411. The van der Waals surface area contributed by atoms with Gasteiger partial charge in [0.25, 0.3) is 0 Å². The summed E-state index contributed by atoms with van der Waals surface area (Å²) in [6.07, 6.45) is 2.18. The van der Waals surface area contributed by atoms with Crippen molar-refractivity contribution in [3.8, 4) is 0 Å². The molecule has 1 heterocycles. The normalized spacial score (nSPS) is 14.0. The number of hydrogen-bond acceptors (Lipinski definition) is 1. The third-order valence-electron chi connectivity index (χ3n) is 3.05. The molecule has 1 aliphatic heterocycles. The van der Waals surface area contributed by atoms with E-state index in [-0.39, 0.29) is 0 Å². The molecule has 0 aliphatic carbocycles. The summed E-state index contributed by atoms with van der Waals surface area (Å²) in [5.41, 5.74) is 3.68. The van der Waals surface area contributed by atoms with Gasteiger partial charge in [-0.25, -0.2) is 0 Å². The van der Waals surface area contributed by atoms with Crippen molar-refractivity contribution < 1.29 is 4.58 Å². The van der Waals surface area contributed by atoms with Crippen LogP contribution in [0.1, 0.15) is 11.1 Å². The summed E-state index contributed by atoms with van der Waals surface area (Å²) in [6, 6.07) is 14.4. The van der Waals surface area contributed by atoms with Crippen LogP contribution >= 0.6 is 23.4 Å². The summed E-state index contributed by atoms with van der Waals surface area (Å²) in [5, 5.41) is 0.797. The first-order chi connectivity index (χ1) is 8.75. The molecule has 0 unspecified atom stereocenters. The second kappa shape index (κ2) is 4.79. The van der Waals surface area contributed by atoms with Crippen LogP contribution in [0.5, 0.6) is 0 Å². The number of halogens is 1. The molecule has 0 radical (unpaired) electrons. The van der Waals surface area contributed by atoms with Crippen molar-refractivity contribution in [1.29, 1.82) is 0 Å². The van der Waals surface area contributed by atoms with Crippen molar-refractivity contribution in [3.05, 3.63) is 58.6 Å². The molecule has 1 nitrogen and oxygen atoms in total. The zero-order valence-electron chi connectivity index (χ0n) is 10.1. The van der Waals surface area contributed by atoms with Gasteiger partial charge in [0.1, 0.15) is 5.02 Å². The fraction of sp³-hybridized carbons (Fsp3) is 0.133. The Balaban J connectivity index is 2.10. The molecular formula is C15H13ClNS+. The lowest BCUT2D eigenvalue weighted by Gasteiger charge is -2.13. The molecule has 0 saturated heterocycles. The zero-order valence-corrected chi connectivity index (χ0v) is 11.6. The molecule has 0 saturated carbocycles. The molecule has 2 aromatic rings. The van der Waals surface area contributed by atoms with E-state index in [9.17, 15) is 0 Å². The molecule has 18 heavy (non-hydrogen) atoms. The first-order valence-electron chi connectivity index (χ1n) is 5.84. The number of para-hydroxylation sites is 1. The first-order valence-corrected chi connectivity index (χ1v) is 7.20. The van der Waals surface area contributed by atoms with Gasteiger partial charge in [0.05, 0.1) is 5.56 Å². The average Bonchev–Trinajstić information content (AvgIpc) is 2.39. The molecule has 0 atom stereocenters. The van der Waals surface area contributed by atoms with E-state index >= 15 is 0 Å². The van der Waals surface area contributed by atoms with E-state index in [1.165, 1.54) is 16.0 Å². The summed E-state index contributed by atoms with van der Waals surface area (Å²) < 4.78 is 2.20. The second-order valence-electron chi connectivity index (χ2n) is 4.32. The third kappa shape index (κ3) is 2.06. The van der Waals surface area contributed by atoms with Crippen LogP contribution in [0.25, 0.3) is 0 Å². The number of benzene rings is 2. The Bertz CT molecular complexity index is 634. The summed E-state index contributed by atoms with van der Waals surface area (Å²) in [5.74, 6) is 0.904. The molecule has 2 aromatic carbocycles. The van der Waals surface area contributed by atoms with Gasteiger partial charge in [-0.15, -0.1) is 0 Å². The summed E-state index contributed by atoms with van der Waals surface area (Å²) in [7, 11) is 0. The van der Waals surface area contributed by atoms with E-state index < -0.39 is 0 Å². The van der Waals surface area contributed by atoms with E-state index in [0.29, 0.717) is 0 Å². The molecule has 1 aliphatic rings. The number of aryl methyl sites for hydroxylation is 1. The number of fused-ring (bicyclic) bond motifs is 1. The molecule has 0 amide bonds. The van der Waals surface area contributed by atoms with E-state index in [4.69, 9.17) is 11.6 Å². The number of rotatable bonds is 1. The Labute approximate surface area is 116 Å². The van der Waals surface area contributed by atoms with Crippen LogP contribution in [0.4, 0.5) is 5.69 Å². The van der Waals surface area contributed by atoms with Crippen LogP contribution in [0.2, 0.25) is 5.02 Å². The van der Waals surface area contributed by atoms with Crippen molar-refractivity contribution in [2.24, 2.45) is 0 Å². The number of hydrogen-bond donors (Lipinski definition) is 0. The maximum absolute atomic E-state index is 6.25. The van der Waals surface area contributed by atoms with Gasteiger partial charge in [0.15, 0.2) is 12.1 Å². The molecule has 0 N–H and O–H groups in total. The zero-order chi connectivity index (χ0) is 12.5. The van der Waals surface area contributed by atoms with Crippen LogP contribution in [-0.4, -0.2) is 16.7 Å². The monoisotopic (exact) mass is 274 g/mol. The van der Waals surface area contributed by atoms with Gasteiger partial charge >= 0.3 is 0 Å². The fourth-order valence-corrected chi connectivity index (χ4v) is 3.45. The van der Waals surface area contributed by atoms with Crippen LogP contribution in [0.3, 0.4) is 0 Å². The molecular weight excluding hydrogens is 262 g/mol. The third-order valence-corrected chi connectivity index (χ3v) is 4.62. The maximum atomic E-state index is 6.25. The SMILES string of the molecule is Cc1cccc2c1SC[N+](c1ccccc1Cl)=C2. The van der Waals surface area contributed by atoms with Gasteiger partial charge in [0, 0.05) is 11.0 Å². The Kier molecular flexibility index (Phi) is 3.14. The van der Waals surface area contributed by atoms with Crippen LogP contribution in [0.15, 0.2) is 47.4 Å². The average molecular weight is 275 g/mol. The van der Waals surface area contributed by atoms with Gasteiger partial charge < -0.3 is 0 Å². The number of thioether (sulfide) groups is 1. The predicted octanol–water partition coefficient (Wildman–Crippen LogP) is 4.47. The van der Waals surface area contributed by atoms with E-state index in [1.54, 1.807) is 0 Å². The van der Waals surface area contributed by atoms with Gasteiger partial charge in [-0.05, 0) is 24.6 Å². The Hall–Kier alpha value is -1.25. The standard InChI is InChI=1S/C15H13ClNS/c1-11-5-4-6-12-9-17(10-18-15(11)12)14-8-3-2-7-13(14)16/h2-9H,10H2,1H3/q+1. The van der Waals surface area contributed by atoms with Gasteiger partial charge in [-0.3, -0.25) is 0 Å². The minimum absolute atomic E-state index is 0.797. The predicted molar refractivity (Wildman–Crippen MR) is 78.4 cm³/mol. The lowest BCUT2D eigenvalue weighted by atomic mass is 10.1. The Morgan fingerprint density at radius 2 is 1.94 bits per heavy atom. The Morgan fingerprint density at radius 3 is 2.78 bits per heavy atom. The molecule has 0 fully saturated rings. The molecule has 0 spiro atoms.